The van der Waals surface area contributed by atoms with Crippen LogP contribution in [0.2, 0.25) is 0 Å². The van der Waals surface area contributed by atoms with Crippen LogP contribution in [0.4, 0.5) is 0 Å². The van der Waals surface area contributed by atoms with E-state index in [1.54, 1.807) is 0 Å². The first kappa shape index (κ1) is 11.6. The second-order valence-electron chi connectivity index (χ2n) is 3.94. The lowest BCUT2D eigenvalue weighted by atomic mass is 9.95. The Bertz CT molecular complexity index is 242. The van der Waals surface area contributed by atoms with Gasteiger partial charge in [0.1, 0.15) is 0 Å². The maximum Gasteiger partial charge on any atom is 0.305 e. The lowest BCUT2D eigenvalue weighted by Gasteiger charge is -2.39. The standard InChI is InChI=1S/C10H17NO2S2/c1-13-9(12)6-8-7-11-3-2-10(8)14-4-5-15-10/h8,11H,2-7H2,1H3. The number of hydrogen-bond acceptors (Lipinski definition) is 5. The Morgan fingerprint density at radius 3 is 2.93 bits per heavy atom. The van der Waals surface area contributed by atoms with Crippen LogP contribution in [0.25, 0.3) is 0 Å². The Kier molecular flexibility index (Phi) is 3.85. The van der Waals surface area contributed by atoms with Gasteiger partial charge in [-0.05, 0) is 13.0 Å². The lowest BCUT2D eigenvalue weighted by molar-refractivity contribution is -0.141. The molecule has 2 aliphatic heterocycles. The summed E-state index contributed by atoms with van der Waals surface area (Å²) in [5, 5.41) is 3.38. The predicted octanol–water partition coefficient (Wildman–Crippen LogP) is 1.34. The molecular formula is C10H17NO2S2. The van der Waals surface area contributed by atoms with Gasteiger partial charge >= 0.3 is 5.97 Å². The molecule has 1 N–H and O–H groups in total. The molecule has 2 fully saturated rings. The van der Waals surface area contributed by atoms with Gasteiger partial charge in [-0.3, -0.25) is 4.79 Å². The summed E-state index contributed by atoms with van der Waals surface area (Å²) in [6.45, 7) is 2.03. The molecule has 86 valence electrons. The van der Waals surface area contributed by atoms with Gasteiger partial charge in [-0.1, -0.05) is 0 Å². The summed E-state index contributed by atoms with van der Waals surface area (Å²) in [4.78, 5) is 11.4. The Morgan fingerprint density at radius 2 is 2.27 bits per heavy atom. The van der Waals surface area contributed by atoms with Gasteiger partial charge in [-0.15, -0.1) is 23.5 Å². The van der Waals surface area contributed by atoms with Crippen molar-refractivity contribution in [3.8, 4) is 0 Å². The molecule has 0 aromatic carbocycles. The number of carbonyl (C=O) groups is 1. The molecule has 0 bridgehead atoms. The van der Waals surface area contributed by atoms with Crippen molar-refractivity contribution in [2.45, 2.75) is 16.9 Å². The molecule has 2 heterocycles. The van der Waals surface area contributed by atoms with Crippen LogP contribution in [0.3, 0.4) is 0 Å². The van der Waals surface area contributed by atoms with E-state index in [0.29, 0.717) is 16.4 Å². The number of rotatable bonds is 2. The van der Waals surface area contributed by atoms with Gasteiger partial charge in [-0.25, -0.2) is 0 Å². The first-order chi connectivity index (χ1) is 7.27. The molecule has 0 saturated carbocycles. The van der Waals surface area contributed by atoms with Crippen LogP contribution >= 0.6 is 23.5 Å². The summed E-state index contributed by atoms with van der Waals surface area (Å²) in [5.74, 6) is 2.80. The van der Waals surface area contributed by atoms with E-state index < -0.39 is 0 Å². The fourth-order valence-electron chi connectivity index (χ4n) is 2.26. The highest BCUT2D eigenvalue weighted by Gasteiger charge is 2.45. The van der Waals surface area contributed by atoms with Gasteiger partial charge in [0.25, 0.3) is 0 Å². The average Bonchev–Trinajstić information content (AvgIpc) is 2.71. The highest BCUT2D eigenvalue weighted by molar-refractivity contribution is 8.21. The van der Waals surface area contributed by atoms with E-state index in [0.717, 1.165) is 13.1 Å². The molecule has 1 atom stereocenters. The van der Waals surface area contributed by atoms with Crippen LogP contribution in [0.5, 0.6) is 0 Å². The molecule has 0 radical (unpaired) electrons. The maximum atomic E-state index is 11.4. The van der Waals surface area contributed by atoms with Crippen molar-refractivity contribution in [1.82, 2.24) is 5.32 Å². The van der Waals surface area contributed by atoms with Gasteiger partial charge in [0.05, 0.1) is 17.6 Å². The van der Waals surface area contributed by atoms with Gasteiger partial charge in [-0.2, -0.15) is 0 Å². The minimum atomic E-state index is -0.0730. The molecule has 0 aromatic rings. The van der Waals surface area contributed by atoms with Gasteiger partial charge < -0.3 is 10.1 Å². The van der Waals surface area contributed by atoms with E-state index in [-0.39, 0.29) is 5.97 Å². The Balaban J connectivity index is 2.02. The second kappa shape index (κ2) is 4.97. The number of piperidine rings is 1. The normalized spacial score (nSPS) is 29.3. The van der Waals surface area contributed by atoms with Gasteiger partial charge in [0, 0.05) is 24.0 Å². The summed E-state index contributed by atoms with van der Waals surface area (Å²) >= 11 is 4.08. The lowest BCUT2D eigenvalue weighted by Crippen LogP contribution is -2.45. The van der Waals surface area contributed by atoms with Crippen molar-refractivity contribution in [3.63, 3.8) is 0 Å². The van der Waals surface area contributed by atoms with E-state index in [9.17, 15) is 4.79 Å². The molecular weight excluding hydrogens is 230 g/mol. The smallest absolute Gasteiger partial charge is 0.305 e. The fraction of sp³-hybridized carbons (Fsp3) is 0.900. The summed E-state index contributed by atoms with van der Waals surface area (Å²) in [6, 6.07) is 0. The molecule has 15 heavy (non-hydrogen) atoms. The van der Waals surface area contributed by atoms with Crippen molar-refractivity contribution in [3.05, 3.63) is 0 Å². The minimum absolute atomic E-state index is 0.0730. The number of esters is 1. The molecule has 0 aromatic heterocycles. The van der Waals surface area contributed by atoms with E-state index in [1.165, 1.54) is 25.0 Å². The van der Waals surface area contributed by atoms with E-state index >= 15 is 0 Å². The largest absolute Gasteiger partial charge is 0.469 e. The second-order valence-corrected chi connectivity index (χ2v) is 7.05. The highest BCUT2D eigenvalue weighted by atomic mass is 32.2. The van der Waals surface area contributed by atoms with Crippen molar-refractivity contribution in [2.75, 3.05) is 31.7 Å². The number of methoxy groups -OCH3 is 1. The molecule has 2 saturated heterocycles. The number of carbonyl (C=O) groups excluding carboxylic acids is 1. The van der Waals surface area contributed by atoms with E-state index in [1.807, 2.05) is 23.5 Å². The van der Waals surface area contributed by atoms with Crippen molar-refractivity contribution in [2.24, 2.45) is 5.92 Å². The number of nitrogens with one attached hydrogen (secondary N) is 1. The van der Waals surface area contributed by atoms with Crippen LogP contribution in [0.1, 0.15) is 12.8 Å². The molecule has 0 amide bonds. The molecule has 0 aliphatic carbocycles. The van der Waals surface area contributed by atoms with Crippen LogP contribution in [-0.4, -0.2) is 41.8 Å². The summed E-state index contributed by atoms with van der Waals surface area (Å²) < 4.78 is 5.06. The number of hydrogen-bond donors (Lipinski definition) is 1. The van der Waals surface area contributed by atoms with Gasteiger partial charge in [0.2, 0.25) is 0 Å². The Hall–Kier alpha value is 0.130. The zero-order valence-corrected chi connectivity index (χ0v) is 10.6. The first-order valence-corrected chi connectivity index (χ1v) is 7.29. The third-order valence-corrected chi connectivity index (χ3v) is 6.91. The van der Waals surface area contributed by atoms with Crippen LogP contribution in [-0.2, 0) is 9.53 Å². The monoisotopic (exact) mass is 247 g/mol. The van der Waals surface area contributed by atoms with E-state index in [4.69, 9.17) is 4.74 Å². The van der Waals surface area contributed by atoms with Crippen molar-refractivity contribution >= 4 is 29.5 Å². The summed E-state index contributed by atoms with van der Waals surface area (Å²) in [5.41, 5.74) is 0. The quantitative estimate of drug-likeness (QED) is 0.745. The van der Waals surface area contributed by atoms with Crippen molar-refractivity contribution in [1.29, 1.82) is 0 Å². The average molecular weight is 247 g/mol. The zero-order chi connectivity index (χ0) is 10.7. The number of thioether (sulfide) groups is 2. The van der Waals surface area contributed by atoms with Gasteiger partial charge in [0.15, 0.2) is 0 Å². The topological polar surface area (TPSA) is 38.3 Å². The SMILES string of the molecule is COC(=O)CC1CNCCC12SCCS2. The summed E-state index contributed by atoms with van der Waals surface area (Å²) in [6.07, 6.45) is 1.73. The van der Waals surface area contributed by atoms with Crippen molar-refractivity contribution < 1.29 is 9.53 Å². The first-order valence-electron chi connectivity index (χ1n) is 5.32. The van der Waals surface area contributed by atoms with Crippen LogP contribution < -0.4 is 5.32 Å². The number of ether oxygens (including phenoxy) is 1. The zero-order valence-electron chi connectivity index (χ0n) is 8.95. The maximum absolute atomic E-state index is 11.4. The Labute approximate surface area is 99.1 Å². The predicted molar refractivity (Wildman–Crippen MR) is 65.3 cm³/mol. The van der Waals surface area contributed by atoms with E-state index in [2.05, 4.69) is 5.32 Å². The fourth-order valence-corrected chi connectivity index (χ4v) is 5.75. The van der Waals surface area contributed by atoms with Crippen LogP contribution in [0.15, 0.2) is 0 Å². The molecule has 1 unspecified atom stereocenters. The molecule has 1 spiro atoms. The molecule has 2 rings (SSSR count). The molecule has 5 heteroatoms. The molecule has 2 aliphatic rings. The molecule has 3 nitrogen and oxygen atoms in total. The third kappa shape index (κ3) is 2.45. The third-order valence-electron chi connectivity index (χ3n) is 3.08. The highest BCUT2D eigenvalue weighted by Crippen LogP contribution is 2.53. The Morgan fingerprint density at radius 1 is 1.53 bits per heavy atom. The minimum Gasteiger partial charge on any atom is -0.469 e. The summed E-state index contributed by atoms with van der Waals surface area (Å²) in [7, 11) is 1.47. The van der Waals surface area contributed by atoms with Crippen LogP contribution in [0, 0.1) is 5.92 Å².